The average Bonchev–Trinajstić information content (AvgIpc) is 2.98. The Kier molecular flexibility index (Phi) is 29.7. The molecule has 0 aliphatic carbocycles. The zero-order valence-electron chi connectivity index (χ0n) is 28.3. The molecule has 5 nitrogen and oxygen atoms in total. The van der Waals surface area contributed by atoms with Crippen LogP contribution in [0.2, 0.25) is 0 Å². The first-order valence-electron chi connectivity index (χ1n) is 17.9. The molecule has 0 aliphatic heterocycles. The number of aliphatic hydroxyl groups is 2. The van der Waals surface area contributed by atoms with Gasteiger partial charge >= 0.3 is 0 Å². The van der Waals surface area contributed by atoms with E-state index in [1.807, 2.05) is 0 Å². The van der Waals surface area contributed by atoms with E-state index >= 15 is 0 Å². The van der Waals surface area contributed by atoms with Crippen LogP contribution in [0.5, 0.6) is 0 Å². The zero-order chi connectivity index (χ0) is 30.3. The van der Waals surface area contributed by atoms with Crippen LogP contribution >= 0.6 is 0 Å². The predicted molar refractivity (Wildman–Crippen MR) is 175 cm³/mol. The highest BCUT2D eigenvalue weighted by Crippen LogP contribution is 2.26. The maximum atomic E-state index is 9.91. The van der Waals surface area contributed by atoms with Crippen LogP contribution in [0.3, 0.4) is 0 Å². The molecule has 2 atom stereocenters. The van der Waals surface area contributed by atoms with Crippen molar-refractivity contribution in [3.05, 3.63) is 0 Å². The van der Waals surface area contributed by atoms with Gasteiger partial charge in [0.05, 0.1) is 26.4 Å². The summed E-state index contributed by atoms with van der Waals surface area (Å²) in [7, 11) is 0. The lowest BCUT2D eigenvalue weighted by Gasteiger charge is -2.28. The summed E-state index contributed by atoms with van der Waals surface area (Å²) in [4.78, 5) is 0. The summed E-state index contributed by atoms with van der Waals surface area (Å²) in [6.45, 7) is 10.3. The SMILES string of the molecule is CCCCCCCCCCCCCC(C)(CO)COCOCOCC(C)(CO)CCCCCCCCCCCCC. The quantitative estimate of drug-likeness (QED) is 0.0580. The molecule has 0 fully saturated rings. The van der Waals surface area contributed by atoms with Crippen molar-refractivity contribution in [2.45, 2.75) is 182 Å². The molecule has 0 spiro atoms. The smallest absolute Gasteiger partial charge is 0.149 e. The van der Waals surface area contributed by atoms with Gasteiger partial charge < -0.3 is 24.4 Å². The van der Waals surface area contributed by atoms with Gasteiger partial charge in [0.2, 0.25) is 0 Å². The number of ether oxygens (including phenoxy) is 3. The van der Waals surface area contributed by atoms with E-state index in [4.69, 9.17) is 14.2 Å². The molecule has 2 unspecified atom stereocenters. The lowest BCUT2D eigenvalue weighted by atomic mass is 9.86. The highest BCUT2D eigenvalue weighted by Gasteiger charge is 2.24. The third kappa shape index (κ3) is 27.1. The Bertz CT molecular complexity index is 472. The van der Waals surface area contributed by atoms with E-state index in [2.05, 4.69) is 27.7 Å². The predicted octanol–water partition coefficient (Wildman–Crippen LogP) is 10.4. The Hall–Kier alpha value is -0.200. The van der Waals surface area contributed by atoms with Crippen molar-refractivity contribution in [2.75, 3.05) is 40.0 Å². The molecule has 5 heteroatoms. The van der Waals surface area contributed by atoms with Gasteiger partial charge in [-0.3, -0.25) is 0 Å². The fourth-order valence-corrected chi connectivity index (χ4v) is 5.55. The number of hydrogen-bond donors (Lipinski definition) is 2. The van der Waals surface area contributed by atoms with Crippen molar-refractivity contribution >= 4 is 0 Å². The Labute approximate surface area is 256 Å². The summed E-state index contributed by atoms with van der Waals surface area (Å²) in [6, 6.07) is 0. The highest BCUT2D eigenvalue weighted by molar-refractivity contribution is 4.73. The van der Waals surface area contributed by atoms with Gasteiger partial charge in [-0.25, -0.2) is 0 Å². The topological polar surface area (TPSA) is 68.2 Å². The number of hydrogen-bond acceptors (Lipinski definition) is 5. The summed E-state index contributed by atoms with van der Waals surface area (Å²) in [6.07, 6.45) is 31.3. The van der Waals surface area contributed by atoms with Crippen LogP contribution in [0.4, 0.5) is 0 Å². The molecule has 2 N–H and O–H groups in total. The Morgan fingerprint density at radius 2 is 0.659 bits per heavy atom. The zero-order valence-corrected chi connectivity index (χ0v) is 28.3. The molecule has 0 saturated carbocycles. The molecule has 0 rings (SSSR count). The van der Waals surface area contributed by atoms with Crippen molar-refractivity contribution < 1.29 is 24.4 Å². The van der Waals surface area contributed by atoms with Gasteiger partial charge in [0.15, 0.2) is 0 Å². The van der Waals surface area contributed by atoms with Crippen LogP contribution in [0.1, 0.15) is 182 Å². The summed E-state index contributed by atoms with van der Waals surface area (Å²) >= 11 is 0. The Morgan fingerprint density at radius 3 is 0.927 bits per heavy atom. The van der Waals surface area contributed by atoms with E-state index in [0.29, 0.717) is 13.2 Å². The molecule has 0 aliphatic rings. The largest absolute Gasteiger partial charge is 0.396 e. The van der Waals surface area contributed by atoms with Gasteiger partial charge in [-0.1, -0.05) is 169 Å². The van der Waals surface area contributed by atoms with E-state index in [1.54, 1.807) is 0 Å². The third-order valence-electron chi connectivity index (χ3n) is 8.77. The summed E-state index contributed by atoms with van der Waals surface area (Å²) in [5, 5.41) is 19.8. The minimum absolute atomic E-state index is 0.134. The lowest BCUT2D eigenvalue weighted by Crippen LogP contribution is -2.29. The average molecular weight is 587 g/mol. The second-order valence-corrected chi connectivity index (χ2v) is 13.6. The lowest BCUT2D eigenvalue weighted by molar-refractivity contribution is -0.157. The Balaban J connectivity index is 3.72. The molecule has 0 heterocycles. The van der Waals surface area contributed by atoms with Crippen LogP contribution in [-0.2, 0) is 14.2 Å². The second-order valence-electron chi connectivity index (χ2n) is 13.6. The normalized spacial score (nSPS) is 14.8. The molecule has 0 bridgehead atoms. The van der Waals surface area contributed by atoms with Crippen molar-refractivity contribution in [3.8, 4) is 0 Å². The molecule has 0 amide bonds. The molecular formula is C36H74O5. The van der Waals surface area contributed by atoms with Gasteiger partial charge in [-0.2, -0.15) is 0 Å². The van der Waals surface area contributed by atoms with Crippen LogP contribution in [0.25, 0.3) is 0 Å². The molecule has 0 saturated heterocycles. The van der Waals surface area contributed by atoms with Crippen LogP contribution in [0.15, 0.2) is 0 Å². The van der Waals surface area contributed by atoms with Crippen molar-refractivity contribution in [3.63, 3.8) is 0 Å². The van der Waals surface area contributed by atoms with E-state index in [-0.39, 0.29) is 37.6 Å². The van der Waals surface area contributed by atoms with Crippen molar-refractivity contribution in [1.29, 1.82) is 0 Å². The first kappa shape index (κ1) is 40.8. The van der Waals surface area contributed by atoms with Gasteiger partial charge in [0.25, 0.3) is 0 Å². The second kappa shape index (κ2) is 29.9. The highest BCUT2D eigenvalue weighted by atomic mass is 16.7. The van der Waals surface area contributed by atoms with Crippen LogP contribution < -0.4 is 0 Å². The molecule has 0 aromatic heterocycles. The number of unbranched alkanes of at least 4 members (excludes halogenated alkanes) is 20. The van der Waals surface area contributed by atoms with Gasteiger partial charge in [0.1, 0.15) is 13.6 Å². The summed E-state index contributed by atoms with van der Waals surface area (Å²) < 4.78 is 17.0. The minimum Gasteiger partial charge on any atom is -0.396 e. The fraction of sp³-hybridized carbons (Fsp3) is 1.00. The maximum Gasteiger partial charge on any atom is 0.149 e. The van der Waals surface area contributed by atoms with Gasteiger partial charge in [-0.05, 0) is 12.8 Å². The molecule has 0 aromatic rings. The third-order valence-corrected chi connectivity index (χ3v) is 8.77. The van der Waals surface area contributed by atoms with Crippen LogP contribution in [0, 0.1) is 10.8 Å². The fourth-order valence-electron chi connectivity index (χ4n) is 5.55. The van der Waals surface area contributed by atoms with Gasteiger partial charge in [-0.15, -0.1) is 0 Å². The van der Waals surface area contributed by atoms with E-state index in [0.717, 1.165) is 25.7 Å². The van der Waals surface area contributed by atoms with Gasteiger partial charge in [0, 0.05) is 10.8 Å². The van der Waals surface area contributed by atoms with Crippen molar-refractivity contribution in [1.82, 2.24) is 0 Å². The first-order chi connectivity index (χ1) is 19.9. The Morgan fingerprint density at radius 1 is 0.390 bits per heavy atom. The molecule has 41 heavy (non-hydrogen) atoms. The monoisotopic (exact) mass is 587 g/mol. The number of rotatable bonds is 34. The van der Waals surface area contributed by atoms with E-state index in [1.165, 1.54) is 128 Å². The van der Waals surface area contributed by atoms with E-state index in [9.17, 15) is 10.2 Å². The molecule has 0 aromatic carbocycles. The molecular weight excluding hydrogens is 512 g/mol. The first-order valence-corrected chi connectivity index (χ1v) is 17.9. The van der Waals surface area contributed by atoms with Crippen molar-refractivity contribution in [2.24, 2.45) is 10.8 Å². The maximum absolute atomic E-state index is 9.91. The summed E-state index contributed by atoms with van der Waals surface area (Å²) in [5.41, 5.74) is -0.429. The minimum atomic E-state index is -0.215. The van der Waals surface area contributed by atoms with Crippen LogP contribution in [-0.4, -0.2) is 50.2 Å². The number of aliphatic hydroxyl groups excluding tert-OH is 2. The molecule has 0 radical (unpaired) electrons. The van der Waals surface area contributed by atoms with E-state index < -0.39 is 0 Å². The summed E-state index contributed by atoms with van der Waals surface area (Å²) in [5.74, 6) is 0. The standard InChI is InChI=1S/C36H74O5/c1-5-7-9-11-13-15-17-19-21-23-25-27-35(3,29-37)31-39-33-41-34-40-32-36(4,30-38)28-26-24-22-20-18-16-14-12-10-8-6-2/h37-38H,5-34H2,1-4H3. The molecule has 248 valence electrons.